The van der Waals surface area contributed by atoms with Crippen LogP contribution in [-0.4, -0.2) is 35.5 Å². The number of aryl methyl sites for hydroxylation is 1. The lowest BCUT2D eigenvalue weighted by Crippen LogP contribution is -2.43. The van der Waals surface area contributed by atoms with Gasteiger partial charge in [0.15, 0.2) is 6.61 Å². The Morgan fingerprint density at radius 3 is 2.57 bits per heavy atom. The van der Waals surface area contributed by atoms with Gasteiger partial charge in [-0.25, -0.2) is 4.79 Å². The van der Waals surface area contributed by atoms with E-state index < -0.39 is 23.8 Å². The van der Waals surface area contributed by atoms with Crippen molar-refractivity contribution in [1.29, 1.82) is 0 Å². The number of carbonyl (C=O) groups is 3. The third-order valence-corrected chi connectivity index (χ3v) is 2.77. The lowest BCUT2D eigenvalue weighted by molar-refractivity contribution is -0.142. The molecule has 0 heterocycles. The summed E-state index contributed by atoms with van der Waals surface area (Å²) in [6, 6.07) is 6.00. The minimum absolute atomic E-state index is 0.0548. The molecule has 0 spiro atoms. The monoisotopic (exact) mass is 294 g/mol. The van der Waals surface area contributed by atoms with Crippen LogP contribution in [0, 0.1) is 6.92 Å². The first kappa shape index (κ1) is 16.5. The fourth-order valence-electron chi connectivity index (χ4n) is 1.64. The van der Waals surface area contributed by atoms with Gasteiger partial charge in [0.25, 0.3) is 5.91 Å². The predicted octanol–water partition coefficient (Wildman–Crippen LogP) is 0.209. The molecule has 1 aromatic rings. The van der Waals surface area contributed by atoms with Gasteiger partial charge in [-0.1, -0.05) is 18.2 Å². The molecule has 114 valence electrons. The van der Waals surface area contributed by atoms with Crippen LogP contribution in [0.5, 0.6) is 5.75 Å². The Balaban J connectivity index is 2.49. The van der Waals surface area contributed by atoms with Crippen molar-refractivity contribution in [2.24, 2.45) is 5.73 Å². The summed E-state index contributed by atoms with van der Waals surface area (Å²) in [6.07, 6.45) is -0.170. The molecule has 4 N–H and O–H groups in total. The lowest BCUT2D eigenvalue weighted by atomic mass is 10.1. The van der Waals surface area contributed by atoms with Gasteiger partial charge in [-0.15, -0.1) is 0 Å². The second-order valence-corrected chi connectivity index (χ2v) is 4.52. The molecule has 0 aromatic heterocycles. The van der Waals surface area contributed by atoms with E-state index in [9.17, 15) is 14.4 Å². The number of aliphatic carboxylic acids is 1. The number of nitrogens with two attached hydrogens (primary N) is 1. The summed E-state index contributed by atoms with van der Waals surface area (Å²) in [5.41, 5.74) is 5.82. The number of para-hydroxylation sites is 1. The van der Waals surface area contributed by atoms with Crippen LogP contribution in [0.25, 0.3) is 0 Å². The van der Waals surface area contributed by atoms with E-state index in [1.807, 2.05) is 19.1 Å². The van der Waals surface area contributed by atoms with E-state index in [4.69, 9.17) is 15.6 Å². The molecular weight excluding hydrogens is 276 g/mol. The molecule has 0 aliphatic heterocycles. The standard InChI is InChI=1S/C14H18N2O5/c1-9-4-2-3-5-11(9)21-8-13(18)16-10(14(19)20)6-7-12(15)17/h2-5,10H,6-8H2,1H3,(H2,15,17)(H,16,18)(H,19,20)/t10-/m1/s1. The molecule has 0 bridgehead atoms. The summed E-state index contributed by atoms with van der Waals surface area (Å²) < 4.78 is 5.31. The van der Waals surface area contributed by atoms with Crippen molar-refractivity contribution >= 4 is 17.8 Å². The maximum Gasteiger partial charge on any atom is 0.326 e. The Kier molecular flexibility index (Phi) is 6.19. The predicted molar refractivity (Wildman–Crippen MR) is 74.7 cm³/mol. The number of primary amides is 1. The average molecular weight is 294 g/mol. The molecule has 0 radical (unpaired) electrons. The molecule has 7 nitrogen and oxygen atoms in total. The molecule has 2 amide bonds. The summed E-state index contributed by atoms with van der Waals surface area (Å²) in [5, 5.41) is 11.2. The zero-order valence-electron chi connectivity index (χ0n) is 11.7. The quantitative estimate of drug-likeness (QED) is 0.633. The first-order chi connectivity index (χ1) is 9.90. The van der Waals surface area contributed by atoms with Gasteiger partial charge in [-0.05, 0) is 25.0 Å². The van der Waals surface area contributed by atoms with Crippen LogP contribution in [0.3, 0.4) is 0 Å². The van der Waals surface area contributed by atoms with Crippen molar-refractivity contribution in [3.63, 3.8) is 0 Å². The molecule has 0 saturated carbocycles. The molecule has 0 aliphatic rings. The summed E-state index contributed by atoms with van der Waals surface area (Å²) in [5.74, 6) is -1.86. The zero-order chi connectivity index (χ0) is 15.8. The molecule has 0 fully saturated rings. The van der Waals surface area contributed by atoms with Gasteiger partial charge in [0.2, 0.25) is 5.91 Å². The highest BCUT2D eigenvalue weighted by atomic mass is 16.5. The van der Waals surface area contributed by atoms with E-state index in [0.717, 1.165) is 5.56 Å². The highest BCUT2D eigenvalue weighted by Crippen LogP contribution is 2.15. The van der Waals surface area contributed by atoms with Gasteiger partial charge >= 0.3 is 5.97 Å². The molecular formula is C14H18N2O5. The maximum absolute atomic E-state index is 11.7. The molecule has 1 atom stereocenters. The van der Waals surface area contributed by atoms with Crippen LogP contribution >= 0.6 is 0 Å². The smallest absolute Gasteiger partial charge is 0.326 e. The largest absolute Gasteiger partial charge is 0.484 e. The van der Waals surface area contributed by atoms with Gasteiger partial charge < -0.3 is 20.9 Å². The number of carboxylic acid groups (broad SMARTS) is 1. The Morgan fingerprint density at radius 1 is 1.33 bits per heavy atom. The topological polar surface area (TPSA) is 119 Å². The van der Waals surface area contributed by atoms with E-state index in [1.165, 1.54) is 0 Å². The van der Waals surface area contributed by atoms with Crippen molar-refractivity contribution in [1.82, 2.24) is 5.32 Å². The first-order valence-corrected chi connectivity index (χ1v) is 6.39. The Bertz CT molecular complexity index is 530. The fourth-order valence-corrected chi connectivity index (χ4v) is 1.64. The number of hydrogen-bond acceptors (Lipinski definition) is 4. The highest BCUT2D eigenvalue weighted by molar-refractivity contribution is 5.85. The number of benzene rings is 1. The minimum atomic E-state index is -1.22. The number of rotatable bonds is 8. The molecule has 1 aromatic carbocycles. The van der Waals surface area contributed by atoms with Gasteiger partial charge in [0.05, 0.1) is 0 Å². The fraction of sp³-hybridized carbons (Fsp3) is 0.357. The van der Waals surface area contributed by atoms with Crippen LogP contribution in [0.4, 0.5) is 0 Å². The van der Waals surface area contributed by atoms with Crippen LogP contribution in [0.1, 0.15) is 18.4 Å². The lowest BCUT2D eigenvalue weighted by Gasteiger charge is -2.14. The van der Waals surface area contributed by atoms with Crippen LogP contribution in [0.15, 0.2) is 24.3 Å². The summed E-state index contributed by atoms with van der Waals surface area (Å²) in [4.78, 5) is 33.3. The molecule has 0 unspecified atom stereocenters. The number of hydrogen-bond donors (Lipinski definition) is 3. The Hall–Kier alpha value is -2.57. The van der Waals surface area contributed by atoms with Crippen molar-refractivity contribution in [2.75, 3.05) is 6.61 Å². The number of carbonyl (C=O) groups excluding carboxylic acids is 2. The third kappa shape index (κ3) is 5.94. The Morgan fingerprint density at radius 2 is 2.00 bits per heavy atom. The van der Waals surface area contributed by atoms with Crippen LogP contribution < -0.4 is 15.8 Å². The van der Waals surface area contributed by atoms with Crippen molar-refractivity contribution in [3.8, 4) is 5.75 Å². The molecule has 1 rings (SSSR count). The van der Waals surface area contributed by atoms with E-state index in [0.29, 0.717) is 5.75 Å². The summed E-state index contributed by atoms with van der Waals surface area (Å²) in [7, 11) is 0. The number of ether oxygens (including phenoxy) is 1. The van der Waals surface area contributed by atoms with Gasteiger partial charge in [0, 0.05) is 6.42 Å². The van der Waals surface area contributed by atoms with Gasteiger partial charge in [-0.3, -0.25) is 9.59 Å². The minimum Gasteiger partial charge on any atom is -0.484 e. The van der Waals surface area contributed by atoms with Crippen LogP contribution in [0.2, 0.25) is 0 Å². The van der Waals surface area contributed by atoms with Crippen molar-refractivity contribution < 1.29 is 24.2 Å². The van der Waals surface area contributed by atoms with Gasteiger partial charge in [0.1, 0.15) is 11.8 Å². The maximum atomic E-state index is 11.7. The van der Waals surface area contributed by atoms with E-state index in [1.54, 1.807) is 12.1 Å². The second kappa shape index (κ2) is 7.88. The average Bonchev–Trinajstić information content (AvgIpc) is 2.42. The van der Waals surface area contributed by atoms with Crippen molar-refractivity contribution in [2.45, 2.75) is 25.8 Å². The third-order valence-electron chi connectivity index (χ3n) is 2.77. The molecule has 21 heavy (non-hydrogen) atoms. The highest BCUT2D eigenvalue weighted by Gasteiger charge is 2.20. The van der Waals surface area contributed by atoms with E-state index in [-0.39, 0.29) is 19.4 Å². The molecule has 0 saturated heterocycles. The summed E-state index contributed by atoms with van der Waals surface area (Å²) >= 11 is 0. The van der Waals surface area contributed by atoms with Crippen LogP contribution in [-0.2, 0) is 14.4 Å². The molecule has 7 heteroatoms. The number of nitrogens with one attached hydrogen (secondary N) is 1. The number of carboxylic acids is 1. The van der Waals surface area contributed by atoms with Crippen molar-refractivity contribution in [3.05, 3.63) is 29.8 Å². The second-order valence-electron chi connectivity index (χ2n) is 4.52. The molecule has 0 aliphatic carbocycles. The first-order valence-electron chi connectivity index (χ1n) is 6.39. The normalized spacial score (nSPS) is 11.5. The van der Waals surface area contributed by atoms with E-state index in [2.05, 4.69) is 5.32 Å². The SMILES string of the molecule is Cc1ccccc1OCC(=O)N[C@H](CCC(N)=O)C(=O)O. The van der Waals surface area contributed by atoms with E-state index >= 15 is 0 Å². The van der Waals surface area contributed by atoms with Gasteiger partial charge in [-0.2, -0.15) is 0 Å². The Labute approximate surface area is 122 Å². The number of amides is 2. The summed E-state index contributed by atoms with van der Waals surface area (Å²) in [6.45, 7) is 1.53. The zero-order valence-corrected chi connectivity index (χ0v) is 11.7.